The number of esters is 1. The smallest absolute Gasteiger partial charge is 0.376 e. The van der Waals surface area contributed by atoms with Gasteiger partial charge in [0.25, 0.3) is 0 Å². The van der Waals surface area contributed by atoms with Crippen LogP contribution >= 0.6 is 15.9 Å². The summed E-state index contributed by atoms with van der Waals surface area (Å²) in [7, 11) is 0. The average Bonchev–Trinajstić information content (AvgIpc) is 2.75. The molecule has 0 fully saturated rings. The molecule has 0 saturated heterocycles. The van der Waals surface area contributed by atoms with Crippen molar-refractivity contribution in [2.45, 2.75) is 13.8 Å². The molecule has 0 aliphatic rings. The molecular formula is C13H12BrNO4. The Bertz CT molecular complexity index is 621. The van der Waals surface area contributed by atoms with Crippen LogP contribution in [-0.4, -0.2) is 22.7 Å². The number of benzene rings is 1. The second-order valence-electron chi connectivity index (χ2n) is 3.82. The van der Waals surface area contributed by atoms with Crippen LogP contribution in [0.3, 0.4) is 0 Å². The quantitative estimate of drug-likeness (QED) is 0.876. The van der Waals surface area contributed by atoms with Gasteiger partial charge in [0, 0.05) is 5.56 Å². The van der Waals surface area contributed by atoms with Crippen molar-refractivity contribution in [3.05, 3.63) is 34.1 Å². The molecule has 6 heteroatoms. The van der Waals surface area contributed by atoms with Crippen molar-refractivity contribution in [1.82, 2.24) is 4.98 Å². The summed E-state index contributed by atoms with van der Waals surface area (Å²) in [4.78, 5) is 15.8. The second-order valence-corrected chi connectivity index (χ2v) is 4.67. The molecule has 0 amide bonds. The summed E-state index contributed by atoms with van der Waals surface area (Å²) in [6.07, 6.45) is 0. The van der Waals surface area contributed by atoms with Crippen molar-refractivity contribution in [1.29, 1.82) is 0 Å². The molecule has 0 unspecified atom stereocenters. The zero-order chi connectivity index (χ0) is 14.0. The monoisotopic (exact) mass is 325 g/mol. The molecule has 1 heterocycles. The molecule has 100 valence electrons. The Hall–Kier alpha value is -1.82. The molecule has 0 bridgehead atoms. The highest BCUT2D eigenvalue weighted by molar-refractivity contribution is 9.10. The number of phenolic OH excluding ortho intramolecular Hbond substituents is 1. The molecule has 0 aliphatic carbocycles. The first-order chi connectivity index (χ1) is 9.02. The van der Waals surface area contributed by atoms with Gasteiger partial charge in [-0.2, -0.15) is 0 Å². The third-order valence-corrected chi connectivity index (χ3v) is 3.09. The number of phenols is 1. The predicted molar refractivity (Wildman–Crippen MR) is 72.0 cm³/mol. The van der Waals surface area contributed by atoms with Gasteiger partial charge in [-0.3, -0.25) is 0 Å². The summed E-state index contributed by atoms with van der Waals surface area (Å²) in [6.45, 7) is 3.68. The van der Waals surface area contributed by atoms with E-state index < -0.39 is 5.97 Å². The second kappa shape index (κ2) is 5.44. The van der Waals surface area contributed by atoms with E-state index >= 15 is 0 Å². The standard InChI is InChI=1S/C13H12BrNO4/c1-3-18-13(17)11-7(2)15-12(19-11)8-4-5-10(16)9(14)6-8/h4-6,16H,3H2,1-2H3. The molecule has 1 aromatic carbocycles. The highest BCUT2D eigenvalue weighted by Gasteiger charge is 2.19. The van der Waals surface area contributed by atoms with E-state index in [0.717, 1.165) is 0 Å². The SMILES string of the molecule is CCOC(=O)c1oc(-c2ccc(O)c(Br)c2)nc1C. The topological polar surface area (TPSA) is 72.6 Å². The molecule has 1 N–H and O–H groups in total. The minimum atomic E-state index is -0.531. The maximum atomic E-state index is 11.6. The number of hydrogen-bond donors (Lipinski definition) is 1. The van der Waals surface area contributed by atoms with Gasteiger partial charge in [-0.05, 0) is 48.0 Å². The minimum Gasteiger partial charge on any atom is -0.507 e. The van der Waals surface area contributed by atoms with Crippen LogP contribution in [0.25, 0.3) is 11.5 Å². The van der Waals surface area contributed by atoms with Gasteiger partial charge in [0.2, 0.25) is 11.7 Å². The van der Waals surface area contributed by atoms with Gasteiger partial charge in [-0.25, -0.2) is 9.78 Å². The van der Waals surface area contributed by atoms with Crippen molar-refractivity contribution < 1.29 is 19.1 Å². The van der Waals surface area contributed by atoms with E-state index in [4.69, 9.17) is 9.15 Å². The Morgan fingerprint density at radius 2 is 2.26 bits per heavy atom. The summed E-state index contributed by atoms with van der Waals surface area (Å²) in [5.41, 5.74) is 1.13. The molecule has 19 heavy (non-hydrogen) atoms. The van der Waals surface area contributed by atoms with Crippen molar-refractivity contribution in [2.75, 3.05) is 6.61 Å². The summed E-state index contributed by atoms with van der Waals surface area (Å²) >= 11 is 3.21. The number of aromatic nitrogens is 1. The third kappa shape index (κ3) is 2.78. The van der Waals surface area contributed by atoms with Gasteiger partial charge in [-0.15, -0.1) is 0 Å². The molecule has 0 saturated carbocycles. The number of halogens is 1. The van der Waals surface area contributed by atoms with Crippen molar-refractivity contribution in [2.24, 2.45) is 0 Å². The number of oxazole rings is 1. The highest BCUT2D eigenvalue weighted by Crippen LogP contribution is 2.30. The first-order valence-corrected chi connectivity index (χ1v) is 6.45. The zero-order valence-corrected chi connectivity index (χ0v) is 12.0. The lowest BCUT2D eigenvalue weighted by Gasteiger charge is -1.99. The Kier molecular flexibility index (Phi) is 3.90. The maximum absolute atomic E-state index is 11.6. The van der Waals surface area contributed by atoms with Crippen LogP contribution in [0.1, 0.15) is 23.2 Å². The van der Waals surface area contributed by atoms with E-state index in [-0.39, 0.29) is 18.1 Å². The van der Waals surface area contributed by atoms with E-state index in [2.05, 4.69) is 20.9 Å². The third-order valence-electron chi connectivity index (χ3n) is 2.45. The lowest BCUT2D eigenvalue weighted by atomic mass is 10.2. The number of carbonyl (C=O) groups excluding carboxylic acids is 1. The van der Waals surface area contributed by atoms with Crippen LogP contribution in [0.4, 0.5) is 0 Å². The largest absolute Gasteiger partial charge is 0.507 e. The maximum Gasteiger partial charge on any atom is 0.376 e. The van der Waals surface area contributed by atoms with Crippen LogP contribution in [0.15, 0.2) is 27.1 Å². The van der Waals surface area contributed by atoms with E-state index in [1.165, 1.54) is 6.07 Å². The molecule has 2 rings (SSSR count). The molecule has 0 spiro atoms. The number of hydrogen-bond acceptors (Lipinski definition) is 5. The summed E-state index contributed by atoms with van der Waals surface area (Å²) in [5.74, 6) is -0.00320. The Labute approximate surface area is 118 Å². The first kappa shape index (κ1) is 13.6. The van der Waals surface area contributed by atoms with Crippen LogP contribution in [0.5, 0.6) is 5.75 Å². The molecule has 0 atom stereocenters. The van der Waals surface area contributed by atoms with Crippen LogP contribution < -0.4 is 0 Å². The Balaban J connectivity index is 2.38. The van der Waals surface area contributed by atoms with Gasteiger partial charge in [0.05, 0.1) is 16.8 Å². The van der Waals surface area contributed by atoms with Crippen molar-refractivity contribution in [3.63, 3.8) is 0 Å². The van der Waals surface area contributed by atoms with Crippen LogP contribution in [0.2, 0.25) is 0 Å². The van der Waals surface area contributed by atoms with Gasteiger partial charge in [0.1, 0.15) is 5.75 Å². The van der Waals surface area contributed by atoms with E-state index in [9.17, 15) is 9.90 Å². The average molecular weight is 326 g/mol. The van der Waals surface area contributed by atoms with Gasteiger partial charge in [-0.1, -0.05) is 0 Å². The first-order valence-electron chi connectivity index (χ1n) is 5.66. The summed E-state index contributed by atoms with van der Waals surface area (Å²) in [6, 6.07) is 4.83. The molecule has 0 radical (unpaired) electrons. The number of aryl methyl sites for hydroxylation is 1. The normalized spacial score (nSPS) is 10.5. The fourth-order valence-corrected chi connectivity index (χ4v) is 1.92. The Morgan fingerprint density at radius 1 is 1.53 bits per heavy atom. The fraction of sp³-hybridized carbons (Fsp3) is 0.231. The zero-order valence-electron chi connectivity index (χ0n) is 10.4. The van der Waals surface area contributed by atoms with Gasteiger partial charge >= 0.3 is 5.97 Å². The van der Waals surface area contributed by atoms with Crippen molar-refractivity contribution in [3.8, 4) is 17.2 Å². The van der Waals surface area contributed by atoms with E-state index in [1.54, 1.807) is 26.0 Å². The van der Waals surface area contributed by atoms with Crippen molar-refractivity contribution >= 4 is 21.9 Å². The molecule has 2 aromatic rings. The number of carbonyl (C=O) groups is 1. The highest BCUT2D eigenvalue weighted by atomic mass is 79.9. The number of rotatable bonds is 3. The van der Waals surface area contributed by atoms with E-state index in [1.807, 2.05) is 0 Å². The van der Waals surface area contributed by atoms with Gasteiger partial charge in [0.15, 0.2) is 0 Å². The predicted octanol–water partition coefficient (Wildman–Crippen LogP) is 3.29. The van der Waals surface area contributed by atoms with E-state index in [0.29, 0.717) is 21.6 Å². The lowest BCUT2D eigenvalue weighted by molar-refractivity contribution is 0.0490. The van der Waals surface area contributed by atoms with Crippen LogP contribution in [0, 0.1) is 6.92 Å². The Morgan fingerprint density at radius 3 is 2.89 bits per heavy atom. The summed E-state index contributed by atoms with van der Waals surface area (Å²) in [5, 5.41) is 9.44. The van der Waals surface area contributed by atoms with Crippen LogP contribution in [-0.2, 0) is 4.74 Å². The number of ether oxygens (including phenoxy) is 1. The lowest BCUT2D eigenvalue weighted by Crippen LogP contribution is -2.04. The molecular weight excluding hydrogens is 314 g/mol. The minimum absolute atomic E-state index is 0.0982. The summed E-state index contributed by atoms with van der Waals surface area (Å²) < 4.78 is 10.8. The molecule has 5 nitrogen and oxygen atoms in total. The number of aromatic hydroxyl groups is 1. The van der Waals surface area contributed by atoms with Gasteiger partial charge < -0.3 is 14.3 Å². The molecule has 0 aliphatic heterocycles. The molecule has 1 aromatic heterocycles. The fourth-order valence-electron chi connectivity index (χ4n) is 1.55. The number of nitrogens with zero attached hydrogens (tertiary/aromatic N) is 1.